The fourth-order valence-corrected chi connectivity index (χ4v) is 3.68. The van der Waals surface area contributed by atoms with Crippen molar-refractivity contribution >= 4 is 23.2 Å². The molecule has 162 valence electrons. The molecule has 11 heteroatoms. The summed E-state index contributed by atoms with van der Waals surface area (Å²) in [4.78, 5) is 39.6. The van der Waals surface area contributed by atoms with Crippen LogP contribution in [0.5, 0.6) is 5.75 Å². The van der Waals surface area contributed by atoms with E-state index in [1.165, 1.54) is 6.07 Å². The molecule has 0 aromatic heterocycles. The first-order valence-electron chi connectivity index (χ1n) is 9.62. The average molecular weight is 420 g/mol. The lowest BCUT2D eigenvalue weighted by atomic mass is 9.62. The molecule has 2 aliphatic rings. The third kappa shape index (κ3) is 4.84. The summed E-state index contributed by atoms with van der Waals surface area (Å²) in [6, 6.07) is 3.16. The van der Waals surface area contributed by atoms with Crippen LogP contribution in [0.25, 0.3) is 0 Å². The van der Waals surface area contributed by atoms with Crippen LogP contribution in [0, 0.1) is 25.6 Å². The van der Waals surface area contributed by atoms with Gasteiger partial charge in [0.05, 0.1) is 21.6 Å². The molecule has 2 fully saturated rings. The van der Waals surface area contributed by atoms with Gasteiger partial charge in [-0.15, -0.1) is 0 Å². The highest BCUT2D eigenvalue weighted by Crippen LogP contribution is 2.47. The van der Waals surface area contributed by atoms with Crippen molar-refractivity contribution in [3.05, 3.63) is 38.4 Å². The first kappa shape index (κ1) is 21.5. The molecule has 0 atom stereocenters. The van der Waals surface area contributed by atoms with E-state index in [2.05, 4.69) is 5.16 Å². The van der Waals surface area contributed by atoms with Crippen LogP contribution >= 0.6 is 0 Å². The van der Waals surface area contributed by atoms with E-state index in [1.807, 2.05) is 20.8 Å². The van der Waals surface area contributed by atoms with Gasteiger partial charge >= 0.3 is 11.8 Å². The van der Waals surface area contributed by atoms with Gasteiger partial charge in [-0.2, -0.15) is 0 Å². The van der Waals surface area contributed by atoms with E-state index in [1.54, 1.807) is 4.90 Å². The number of rotatable bonds is 4. The Morgan fingerprint density at radius 2 is 1.77 bits per heavy atom. The second-order valence-corrected chi connectivity index (χ2v) is 8.74. The van der Waals surface area contributed by atoms with Crippen molar-refractivity contribution in [1.82, 2.24) is 4.90 Å². The van der Waals surface area contributed by atoms with Gasteiger partial charge < -0.3 is 14.5 Å². The molecular formula is C19H24N4O7. The molecule has 3 rings (SSSR count). The van der Waals surface area contributed by atoms with E-state index in [0.717, 1.165) is 30.7 Å². The third-order valence-electron chi connectivity index (χ3n) is 5.26. The van der Waals surface area contributed by atoms with Gasteiger partial charge in [-0.1, -0.05) is 5.16 Å². The molecule has 0 bridgehead atoms. The molecule has 0 N–H and O–H groups in total. The average Bonchev–Trinajstić information content (AvgIpc) is 2.63. The second kappa shape index (κ2) is 7.88. The summed E-state index contributed by atoms with van der Waals surface area (Å²) in [5.74, 6) is -0.140. The van der Waals surface area contributed by atoms with Gasteiger partial charge in [-0.25, -0.2) is 4.79 Å². The predicted molar refractivity (Wildman–Crippen MR) is 107 cm³/mol. The van der Waals surface area contributed by atoms with Crippen molar-refractivity contribution < 1.29 is 24.2 Å². The Morgan fingerprint density at radius 3 is 2.30 bits per heavy atom. The summed E-state index contributed by atoms with van der Waals surface area (Å²) in [5.41, 5.74) is -0.592. The fraction of sp³-hybridized carbons (Fsp3) is 0.579. The normalized spacial score (nSPS) is 17.8. The van der Waals surface area contributed by atoms with Gasteiger partial charge in [-0.3, -0.25) is 20.2 Å². The molecule has 1 aromatic rings. The summed E-state index contributed by atoms with van der Waals surface area (Å²) >= 11 is 0. The van der Waals surface area contributed by atoms with E-state index in [0.29, 0.717) is 25.9 Å². The number of nitro benzene ring substituents is 2. The Labute approximate surface area is 172 Å². The molecule has 1 saturated carbocycles. The number of hydrogen-bond donors (Lipinski definition) is 0. The maximum Gasteiger partial charge on any atom is 0.410 e. The van der Waals surface area contributed by atoms with Crippen molar-refractivity contribution in [3.63, 3.8) is 0 Å². The minimum Gasteiger partial charge on any atom is -0.444 e. The van der Waals surface area contributed by atoms with Crippen LogP contribution in [0.3, 0.4) is 0 Å². The highest BCUT2D eigenvalue weighted by atomic mass is 16.7. The molecule has 30 heavy (non-hydrogen) atoms. The molecule has 11 nitrogen and oxygen atoms in total. The van der Waals surface area contributed by atoms with E-state index in [4.69, 9.17) is 9.57 Å². The largest absolute Gasteiger partial charge is 0.444 e. The maximum atomic E-state index is 12.2. The van der Waals surface area contributed by atoms with Crippen LogP contribution in [-0.4, -0.2) is 45.2 Å². The molecule has 0 unspecified atom stereocenters. The number of carbonyl (C=O) groups excluding carboxylic acids is 1. The summed E-state index contributed by atoms with van der Waals surface area (Å²) in [7, 11) is 0. The number of benzene rings is 1. The van der Waals surface area contributed by atoms with Crippen molar-refractivity contribution in [1.29, 1.82) is 0 Å². The quantitative estimate of drug-likeness (QED) is 0.529. The van der Waals surface area contributed by atoms with Crippen molar-refractivity contribution in [3.8, 4) is 5.75 Å². The molecule has 0 radical (unpaired) electrons. The lowest BCUT2D eigenvalue weighted by Gasteiger charge is -2.48. The lowest BCUT2D eigenvalue weighted by molar-refractivity contribution is -0.394. The van der Waals surface area contributed by atoms with E-state index >= 15 is 0 Å². The van der Waals surface area contributed by atoms with Crippen molar-refractivity contribution in [2.45, 2.75) is 52.1 Å². The molecule has 1 heterocycles. The number of piperidine rings is 1. The fourth-order valence-electron chi connectivity index (χ4n) is 3.68. The van der Waals surface area contributed by atoms with Crippen LogP contribution in [0.2, 0.25) is 0 Å². The van der Waals surface area contributed by atoms with Crippen LogP contribution in [0.15, 0.2) is 23.4 Å². The highest BCUT2D eigenvalue weighted by molar-refractivity contribution is 5.91. The van der Waals surface area contributed by atoms with Crippen molar-refractivity contribution in [2.24, 2.45) is 10.6 Å². The van der Waals surface area contributed by atoms with Gasteiger partial charge in [0.15, 0.2) is 0 Å². The molecule has 1 spiro atoms. The molecular weight excluding hydrogens is 396 g/mol. The van der Waals surface area contributed by atoms with E-state index in [9.17, 15) is 25.0 Å². The van der Waals surface area contributed by atoms with E-state index < -0.39 is 21.1 Å². The SMILES string of the molecule is CC(C)(C)OC(=O)N1CCC2(CC1)CC(=NOc1ccc([N+](=O)[O-])cc1[N+](=O)[O-])C2. The first-order chi connectivity index (χ1) is 14.0. The first-order valence-corrected chi connectivity index (χ1v) is 9.62. The number of nitro groups is 2. The van der Waals surface area contributed by atoms with Crippen LogP contribution in [0.1, 0.15) is 46.5 Å². The summed E-state index contributed by atoms with van der Waals surface area (Å²) in [5, 5.41) is 26.0. The molecule has 1 aliphatic heterocycles. The minimum absolute atomic E-state index is 0.0577. The molecule has 1 aromatic carbocycles. The highest BCUT2D eigenvalue weighted by Gasteiger charge is 2.45. The Kier molecular flexibility index (Phi) is 5.64. The van der Waals surface area contributed by atoms with Gasteiger partial charge in [0.25, 0.3) is 5.69 Å². The zero-order valence-corrected chi connectivity index (χ0v) is 17.1. The monoisotopic (exact) mass is 420 g/mol. The summed E-state index contributed by atoms with van der Waals surface area (Å²) < 4.78 is 5.41. The van der Waals surface area contributed by atoms with Crippen LogP contribution < -0.4 is 4.84 Å². The second-order valence-electron chi connectivity index (χ2n) is 8.74. The number of hydrogen-bond acceptors (Lipinski definition) is 8. The standard InChI is InChI=1S/C19H24N4O7/c1-18(2,3)29-17(24)21-8-6-19(7-9-21)11-13(12-19)20-30-16-5-4-14(22(25)26)10-15(16)23(27)28/h4-5,10H,6-9,11-12H2,1-3H3. The Balaban J connectivity index is 1.56. The molecule has 1 saturated heterocycles. The summed E-state index contributed by atoms with van der Waals surface area (Å²) in [6.45, 7) is 6.72. The predicted octanol–water partition coefficient (Wildman–Crippen LogP) is 4.05. The number of amides is 1. The van der Waals surface area contributed by atoms with Crippen LogP contribution in [-0.2, 0) is 4.74 Å². The topological polar surface area (TPSA) is 137 Å². The van der Waals surface area contributed by atoms with Gasteiger partial charge in [0, 0.05) is 19.2 Å². The maximum absolute atomic E-state index is 12.2. The molecule has 1 amide bonds. The number of carbonyl (C=O) groups is 1. The zero-order chi connectivity index (χ0) is 22.1. The minimum atomic E-state index is -0.739. The molecule has 1 aliphatic carbocycles. The Morgan fingerprint density at radius 1 is 1.13 bits per heavy atom. The number of likely N-dealkylation sites (tertiary alicyclic amines) is 1. The van der Waals surface area contributed by atoms with Gasteiger partial charge in [-0.05, 0) is 57.9 Å². The van der Waals surface area contributed by atoms with Crippen LogP contribution in [0.4, 0.5) is 16.2 Å². The number of oxime groups is 1. The Hall–Kier alpha value is -3.24. The van der Waals surface area contributed by atoms with Crippen molar-refractivity contribution in [2.75, 3.05) is 13.1 Å². The number of ether oxygens (including phenoxy) is 1. The third-order valence-corrected chi connectivity index (χ3v) is 5.26. The smallest absolute Gasteiger partial charge is 0.410 e. The van der Waals surface area contributed by atoms with Gasteiger partial charge in [0.2, 0.25) is 5.75 Å². The lowest BCUT2D eigenvalue weighted by Crippen LogP contribution is -2.50. The Bertz CT molecular complexity index is 889. The number of nitrogens with zero attached hydrogens (tertiary/aromatic N) is 4. The van der Waals surface area contributed by atoms with E-state index in [-0.39, 0.29) is 22.9 Å². The summed E-state index contributed by atoms with van der Waals surface area (Å²) in [6.07, 6.45) is 2.72. The zero-order valence-electron chi connectivity index (χ0n) is 17.1. The number of non-ortho nitro benzene ring substituents is 1. The van der Waals surface area contributed by atoms with Gasteiger partial charge in [0.1, 0.15) is 5.60 Å².